The largest absolute Gasteiger partial charge is 0.356 e. The van der Waals surface area contributed by atoms with Crippen LogP contribution in [0.2, 0.25) is 0 Å². The molecule has 1 heterocycles. The van der Waals surface area contributed by atoms with Crippen molar-refractivity contribution >= 4 is 11.8 Å². The van der Waals surface area contributed by atoms with Gasteiger partial charge in [-0.3, -0.25) is 9.59 Å². The van der Waals surface area contributed by atoms with Gasteiger partial charge in [-0.1, -0.05) is 31.0 Å². The highest BCUT2D eigenvalue weighted by atomic mass is 16.2. The van der Waals surface area contributed by atoms with Crippen LogP contribution in [-0.4, -0.2) is 36.3 Å². The number of hydrogen-bond acceptors (Lipinski definition) is 2. The van der Waals surface area contributed by atoms with Crippen molar-refractivity contribution in [1.82, 2.24) is 10.2 Å². The smallest absolute Gasteiger partial charge is 0.253 e. The minimum Gasteiger partial charge on any atom is -0.356 e. The molecule has 1 aliphatic heterocycles. The van der Waals surface area contributed by atoms with Crippen molar-refractivity contribution in [1.29, 1.82) is 0 Å². The van der Waals surface area contributed by atoms with Gasteiger partial charge in [-0.15, -0.1) is 0 Å². The van der Waals surface area contributed by atoms with Crippen molar-refractivity contribution in [3.63, 3.8) is 0 Å². The second-order valence-electron chi connectivity index (χ2n) is 6.08. The highest BCUT2D eigenvalue weighted by Gasteiger charge is 2.27. The molecular weight excluding hydrogens is 276 g/mol. The Labute approximate surface area is 132 Å². The molecule has 120 valence electrons. The van der Waals surface area contributed by atoms with Crippen LogP contribution in [0.25, 0.3) is 0 Å². The number of nitrogens with one attached hydrogen (secondary N) is 1. The Morgan fingerprint density at radius 1 is 1.18 bits per heavy atom. The van der Waals surface area contributed by atoms with Gasteiger partial charge in [0.1, 0.15) is 0 Å². The van der Waals surface area contributed by atoms with Crippen molar-refractivity contribution < 1.29 is 9.59 Å². The summed E-state index contributed by atoms with van der Waals surface area (Å²) in [7, 11) is 0. The highest BCUT2D eigenvalue weighted by molar-refractivity contribution is 5.94. The van der Waals surface area contributed by atoms with Crippen LogP contribution in [0.4, 0.5) is 0 Å². The molecule has 0 spiro atoms. The molecule has 22 heavy (non-hydrogen) atoms. The Bertz CT molecular complexity index is 502. The number of aryl methyl sites for hydroxylation is 1. The third kappa shape index (κ3) is 4.33. The lowest BCUT2D eigenvalue weighted by molar-refractivity contribution is -0.126. The Morgan fingerprint density at radius 2 is 1.82 bits per heavy atom. The minimum absolute atomic E-state index is 0.0546. The molecule has 0 atom stereocenters. The summed E-state index contributed by atoms with van der Waals surface area (Å²) in [5, 5.41) is 2.99. The maximum absolute atomic E-state index is 12.4. The van der Waals surface area contributed by atoms with Crippen molar-refractivity contribution in [2.45, 2.75) is 39.5 Å². The molecule has 4 heteroatoms. The molecule has 1 fully saturated rings. The van der Waals surface area contributed by atoms with Gasteiger partial charge < -0.3 is 10.2 Å². The summed E-state index contributed by atoms with van der Waals surface area (Å²) in [6.07, 6.45) is 3.63. The number of benzene rings is 1. The zero-order valence-electron chi connectivity index (χ0n) is 13.6. The van der Waals surface area contributed by atoms with Gasteiger partial charge in [-0.25, -0.2) is 0 Å². The topological polar surface area (TPSA) is 49.4 Å². The van der Waals surface area contributed by atoms with Crippen molar-refractivity contribution in [2.24, 2.45) is 5.92 Å². The summed E-state index contributed by atoms with van der Waals surface area (Å²) in [6, 6.07) is 7.67. The lowest BCUT2D eigenvalue weighted by atomic mass is 9.95. The first-order chi connectivity index (χ1) is 10.6. The summed E-state index contributed by atoms with van der Waals surface area (Å²) in [6.45, 7) is 6.22. The van der Waals surface area contributed by atoms with E-state index in [2.05, 4.69) is 12.2 Å². The van der Waals surface area contributed by atoms with E-state index in [0.717, 1.165) is 43.4 Å². The zero-order chi connectivity index (χ0) is 15.9. The number of piperidine rings is 1. The van der Waals surface area contributed by atoms with Gasteiger partial charge >= 0.3 is 0 Å². The number of carbonyl (C=O) groups is 2. The maximum Gasteiger partial charge on any atom is 0.253 e. The fourth-order valence-corrected chi connectivity index (χ4v) is 2.76. The minimum atomic E-state index is 0.0546. The van der Waals surface area contributed by atoms with Gasteiger partial charge in [-0.05, 0) is 38.3 Å². The molecule has 1 saturated heterocycles. The predicted molar refractivity (Wildman–Crippen MR) is 87.7 cm³/mol. The van der Waals surface area contributed by atoms with Crippen LogP contribution in [0.3, 0.4) is 0 Å². The van der Waals surface area contributed by atoms with Crippen LogP contribution in [0, 0.1) is 12.8 Å². The van der Waals surface area contributed by atoms with Crippen LogP contribution < -0.4 is 5.32 Å². The fourth-order valence-electron chi connectivity index (χ4n) is 2.76. The third-order valence-corrected chi connectivity index (χ3v) is 4.28. The zero-order valence-corrected chi connectivity index (χ0v) is 13.6. The standard InChI is InChI=1S/C18H26N2O2/c1-3-4-11-19-17(21)15-9-12-20(13-10-15)18(22)16-7-5-14(2)6-8-16/h5-8,15H,3-4,9-13H2,1-2H3,(H,19,21). The highest BCUT2D eigenvalue weighted by Crippen LogP contribution is 2.19. The summed E-state index contributed by atoms with van der Waals surface area (Å²) in [5.74, 6) is 0.277. The Morgan fingerprint density at radius 3 is 2.41 bits per heavy atom. The van der Waals surface area contributed by atoms with E-state index in [1.54, 1.807) is 0 Å². The van der Waals surface area contributed by atoms with E-state index in [4.69, 9.17) is 0 Å². The van der Waals surface area contributed by atoms with Gasteiger partial charge in [0.15, 0.2) is 0 Å². The molecule has 1 aromatic carbocycles. The molecule has 0 aromatic heterocycles. The van der Waals surface area contributed by atoms with Gasteiger partial charge in [0, 0.05) is 31.1 Å². The molecule has 1 aromatic rings. The number of amides is 2. The molecule has 0 radical (unpaired) electrons. The average Bonchev–Trinajstić information content (AvgIpc) is 2.55. The van der Waals surface area contributed by atoms with Crippen molar-refractivity contribution in [2.75, 3.05) is 19.6 Å². The van der Waals surface area contributed by atoms with Crippen molar-refractivity contribution in [3.05, 3.63) is 35.4 Å². The normalized spacial score (nSPS) is 15.6. The molecule has 0 bridgehead atoms. The molecule has 2 amide bonds. The Hall–Kier alpha value is -1.84. The number of carbonyl (C=O) groups excluding carboxylic acids is 2. The van der Waals surface area contributed by atoms with E-state index in [-0.39, 0.29) is 17.7 Å². The van der Waals surface area contributed by atoms with E-state index >= 15 is 0 Å². The fraction of sp³-hybridized carbons (Fsp3) is 0.556. The number of nitrogens with zero attached hydrogens (tertiary/aromatic N) is 1. The lowest BCUT2D eigenvalue weighted by Gasteiger charge is -2.31. The van der Waals surface area contributed by atoms with Gasteiger partial charge in [0.25, 0.3) is 5.91 Å². The predicted octanol–water partition coefficient (Wildman–Crippen LogP) is 2.76. The Balaban J connectivity index is 1.82. The number of rotatable bonds is 5. The Kier molecular flexibility index (Phi) is 5.99. The molecule has 1 N–H and O–H groups in total. The first-order valence-electron chi connectivity index (χ1n) is 8.25. The van der Waals surface area contributed by atoms with E-state index < -0.39 is 0 Å². The average molecular weight is 302 g/mol. The lowest BCUT2D eigenvalue weighted by Crippen LogP contribution is -2.43. The maximum atomic E-state index is 12.4. The van der Waals surface area contributed by atoms with Gasteiger partial charge in [0.2, 0.25) is 5.91 Å². The van der Waals surface area contributed by atoms with E-state index in [1.165, 1.54) is 0 Å². The van der Waals surface area contributed by atoms with E-state index in [1.807, 2.05) is 36.1 Å². The molecule has 1 aliphatic rings. The third-order valence-electron chi connectivity index (χ3n) is 4.28. The number of unbranched alkanes of at least 4 members (excludes halogenated alkanes) is 1. The molecule has 0 aliphatic carbocycles. The molecule has 2 rings (SSSR count). The van der Waals surface area contributed by atoms with Crippen LogP contribution in [-0.2, 0) is 4.79 Å². The second kappa shape index (κ2) is 7.97. The van der Waals surface area contributed by atoms with Crippen LogP contribution in [0.5, 0.6) is 0 Å². The van der Waals surface area contributed by atoms with Gasteiger partial charge in [0.05, 0.1) is 0 Å². The number of likely N-dealkylation sites (tertiary alicyclic amines) is 1. The summed E-state index contributed by atoms with van der Waals surface area (Å²) < 4.78 is 0. The van der Waals surface area contributed by atoms with E-state index in [9.17, 15) is 9.59 Å². The monoisotopic (exact) mass is 302 g/mol. The molecule has 4 nitrogen and oxygen atoms in total. The second-order valence-corrected chi connectivity index (χ2v) is 6.08. The quantitative estimate of drug-likeness (QED) is 0.850. The molecule has 0 saturated carbocycles. The van der Waals surface area contributed by atoms with Gasteiger partial charge in [-0.2, -0.15) is 0 Å². The van der Waals surface area contributed by atoms with Crippen LogP contribution in [0.1, 0.15) is 48.5 Å². The van der Waals surface area contributed by atoms with E-state index in [0.29, 0.717) is 13.1 Å². The van der Waals surface area contributed by atoms with Crippen molar-refractivity contribution in [3.8, 4) is 0 Å². The summed E-state index contributed by atoms with van der Waals surface area (Å²) in [4.78, 5) is 26.3. The molecular formula is C18H26N2O2. The molecule has 0 unspecified atom stereocenters. The number of hydrogen-bond donors (Lipinski definition) is 1. The summed E-state index contributed by atoms with van der Waals surface area (Å²) >= 11 is 0. The first-order valence-corrected chi connectivity index (χ1v) is 8.25. The SMILES string of the molecule is CCCCNC(=O)C1CCN(C(=O)c2ccc(C)cc2)CC1. The van der Waals surface area contributed by atoms with Crippen LogP contribution in [0.15, 0.2) is 24.3 Å². The first kappa shape index (κ1) is 16.5. The van der Waals surface area contributed by atoms with Crippen LogP contribution >= 0.6 is 0 Å². The summed E-state index contributed by atoms with van der Waals surface area (Å²) in [5.41, 5.74) is 1.88.